The molecule has 0 atom stereocenters. The largest absolute Gasteiger partial charge is 0.326 e. The summed E-state index contributed by atoms with van der Waals surface area (Å²) >= 11 is 6.26. The highest BCUT2D eigenvalue weighted by molar-refractivity contribution is 6.35. The number of nitrogens with zero attached hydrogens (tertiary/aromatic N) is 2. The van der Waals surface area contributed by atoms with Crippen LogP contribution in [0, 0.1) is 5.92 Å². The normalized spacial score (nSPS) is 11.6. The Bertz CT molecular complexity index is 531. The third-order valence-electron chi connectivity index (χ3n) is 2.95. The van der Waals surface area contributed by atoms with Crippen LogP contribution in [0.2, 0.25) is 5.02 Å². The third-order valence-corrected chi connectivity index (χ3v) is 3.25. The molecule has 1 N–H and O–H groups in total. The molecule has 0 fully saturated rings. The van der Waals surface area contributed by atoms with E-state index in [-0.39, 0.29) is 0 Å². The first-order valence-electron chi connectivity index (χ1n) is 6.47. The Morgan fingerprint density at radius 3 is 2.83 bits per heavy atom. The lowest BCUT2D eigenvalue weighted by Gasteiger charge is -2.09. The maximum atomic E-state index is 6.26. The molecule has 0 aliphatic rings. The van der Waals surface area contributed by atoms with Gasteiger partial charge in [-0.2, -0.15) is 0 Å². The molecule has 0 amide bonds. The number of fused-ring (bicyclic) bond motifs is 1. The van der Waals surface area contributed by atoms with Crippen molar-refractivity contribution in [3.8, 4) is 0 Å². The number of rotatable bonds is 5. The van der Waals surface area contributed by atoms with E-state index in [1.54, 1.807) is 0 Å². The quantitative estimate of drug-likeness (QED) is 0.897. The molecule has 0 saturated heterocycles. The smallest absolute Gasteiger partial charge is 0.123 e. The second kappa shape index (κ2) is 5.72. The van der Waals surface area contributed by atoms with E-state index in [2.05, 4.69) is 35.6 Å². The summed E-state index contributed by atoms with van der Waals surface area (Å²) in [6.07, 6.45) is 0. The van der Waals surface area contributed by atoms with Gasteiger partial charge in [-0.1, -0.05) is 31.5 Å². The van der Waals surface area contributed by atoms with Crippen LogP contribution in [0.5, 0.6) is 0 Å². The van der Waals surface area contributed by atoms with Gasteiger partial charge in [0.25, 0.3) is 0 Å². The number of benzene rings is 1. The number of halogens is 1. The molecule has 0 aliphatic carbocycles. The number of para-hydroxylation sites is 1. The second-order valence-corrected chi connectivity index (χ2v) is 5.31. The highest BCUT2D eigenvalue weighted by Gasteiger charge is 2.11. The second-order valence-electron chi connectivity index (χ2n) is 4.90. The van der Waals surface area contributed by atoms with E-state index in [9.17, 15) is 0 Å². The fourth-order valence-electron chi connectivity index (χ4n) is 2.14. The van der Waals surface area contributed by atoms with Crippen molar-refractivity contribution in [1.82, 2.24) is 14.9 Å². The highest BCUT2D eigenvalue weighted by atomic mass is 35.5. The van der Waals surface area contributed by atoms with Crippen molar-refractivity contribution in [2.45, 2.75) is 33.9 Å². The Kier molecular flexibility index (Phi) is 4.25. The van der Waals surface area contributed by atoms with Gasteiger partial charge >= 0.3 is 0 Å². The average molecular weight is 266 g/mol. The molecule has 0 aliphatic heterocycles. The molecular formula is C14H20ClN3. The molecule has 18 heavy (non-hydrogen) atoms. The molecular weight excluding hydrogens is 246 g/mol. The lowest BCUT2D eigenvalue weighted by atomic mass is 10.2. The zero-order chi connectivity index (χ0) is 13.1. The van der Waals surface area contributed by atoms with Crippen molar-refractivity contribution in [1.29, 1.82) is 0 Å². The topological polar surface area (TPSA) is 29.9 Å². The monoisotopic (exact) mass is 265 g/mol. The fraction of sp³-hybridized carbons (Fsp3) is 0.500. The van der Waals surface area contributed by atoms with Crippen molar-refractivity contribution in [2.24, 2.45) is 5.92 Å². The van der Waals surface area contributed by atoms with Gasteiger partial charge in [0.2, 0.25) is 0 Å². The van der Waals surface area contributed by atoms with Gasteiger partial charge in [-0.25, -0.2) is 4.98 Å². The minimum atomic E-state index is 0.646. The predicted octanol–water partition coefficient (Wildman–Crippen LogP) is 3.46. The van der Waals surface area contributed by atoms with Gasteiger partial charge < -0.3 is 9.88 Å². The van der Waals surface area contributed by atoms with E-state index in [0.29, 0.717) is 5.92 Å². The molecule has 0 radical (unpaired) electrons. The van der Waals surface area contributed by atoms with Crippen LogP contribution in [0.1, 0.15) is 26.6 Å². The van der Waals surface area contributed by atoms with Gasteiger partial charge in [0, 0.05) is 6.54 Å². The van der Waals surface area contributed by atoms with Crippen LogP contribution < -0.4 is 5.32 Å². The number of imidazole rings is 1. The van der Waals surface area contributed by atoms with Crippen LogP contribution in [0.25, 0.3) is 11.0 Å². The van der Waals surface area contributed by atoms with Crippen LogP contribution in [0.15, 0.2) is 18.2 Å². The van der Waals surface area contributed by atoms with Crippen molar-refractivity contribution in [3.05, 3.63) is 29.0 Å². The van der Waals surface area contributed by atoms with E-state index < -0.39 is 0 Å². The van der Waals surface area contributed by atoms with E-state index in [1.165, 1.54) is 0 Å². The molecule has 1 aromatic heterocycles. The minimum absolute atomic E-state index is 0.646. The SMILES string of the molecule is CCn1c(CNCC(C)C)nc2cccc(Cl)c21. The van der Waals surface area contributed by atoms with Crippen LogP contribution in [0.3, 0.4) is 0 Å². The molecule has 2 rings (SSSR count). The molecule has 0 saturated carbocycles. The first-order chi connectivity index (χ1) is 8.63. The zero-order valence-corrected chi connectivity index (χ0v) is 12.0. The summed E-state index contributed by atoms with van der Waals surface area (Å²) in [7, 11) is 0. The summed E-state index contributed by atoms with van der Waals surface area (Å²) in [5.74, 6) is 1.70. The van der Waals surface area contributed by atoms with E-state index >= 15 is 0 Å². The van der Waals surface area contributed by atoms with Gasteiger partial charge in [0.15, 0.2) is 0 Å². The molecule has 1 heterocycles. The Morgan fingerprint density at radius 1 is 1.39 bits per heavy atom. The molecule has 0 unspecified atom stereocenters. The number of hydrogen-bond acceptors (Lipinski definition) is 2. The van der Waals surface area contributed by atoms with Gasteiger partial charge in [-0.3, -0.25) is 0 Å². The van der Waals surface area contributed by atoms with Crippen molar-refractivity contribution < 1.29 is 0 Å². The summed E-state index contributed by atoms with van der Waals surface area (Å²) in [6, 6.07) is 5.88. The summed E-state index contributed by atoms with van der Waals surface area (Å²) in [5.41, 5.74) is 2.02. The average Bonchev–Trinajstić information content (AvgIpc) is 2.67. The maximum Gasteiger partial charge on any atom is 0.123 e. The molecule has 0 spiro atoms. The minimum Gasteiger partial charge on any atom is -0.326 e. The van der Waals surface area contributed by atoms with Gasteiger partial charge in [-0.05, 0) is 31.5 Å². The van der Waals surface area contributed by atoms with Gasteiger partial charge in [0.1, 0.15) is 5.82 Å². The Hall–Kier alpha value is -1.06. The molecule has 2 aromatic rings. The lowest BCUT2D eigenvalue weighted by molar-refractivity contribution is 0.533. The number of aromatic nitrogens is 2. The summed E-state index contributed by atoms with van der Waals surface area (Å²) in [6.45, 7) is 9.20. The highest BCUT2D eigenvalue weighted by Crippen LogP contribution is 2.24. The number of aryl methyl sites for hydroxylation is 1. The van der Waals surface area contributed by atoms with E-state index in [0.717, 1.165) is 41.5 Å². The fourth-order valence-corrected chi connectivity index (χ4v) is 2.41. The molecule has 0 bridgehead atoms. The van der Waals surface area contributed by atoms with Crippen molar-refractivity contribution in [2.75, 3.05) is 6.54 Å². The van der Waals surface area contributed by atoms with Crippen molar-refractivity contribution >= 4 is 22.6 Å². The predicted molar refractivity (Wildman–Crippen MR) is 77.0 cm³/mol. The summed E-state index contributed by atoms with van der Waals surface area (Å²) in [5, 5.41) is 4.20. The molecule has 4 heteroatoms. The third kappa shape index (κ3) is 2.68. The standard InChI is InChI=1S/C14H20ClN3/c1-4-18-13(9-16-8-10(2)3)17-12-7-5-6-11(15)14(12)18/h5-7,10,16H,4,8-9H2,1-3H3. The Morgan fingerprint density at radius 2 is 2.17 bits per heavy atom. The van der Waals surface area contributed by atoms with Crippen molar-refractivity contribution in [3.63, 3.8) is 0 Å². The number of hydrogen-bond donors (Lipinski definition) is 1. The van der Waals surface area contributed by atoms with Gasteiger partial charge in [0.05, 0.1) is 22.6 Å². The maximum absolute atomic E-state index is 6.26. The zero-order valence-electron chi connectivity index (χ0n) is 11.2. The first-order valence-corrected chi connectivity index (χ1v) is 6.85. The summed E-state index contributed by atoms with van der Waals surface area (Å²) < 4.78 is 2.19. The van der Waals surface area contributed by atoms with Crippen LogP contribution in [-0.4, -0.2) is 16.1 Å². The van der Waals surface area contributed by atoms with Crippen LogP contribution in [-0.2, 0) is 13.1 Å². The number of nitrogens with one attached hydrogen (secondary N) is 1. The van der Waals surface area contributed by atoms with E-state index in [1.807, 2.05) is 18.2 Å². The van der Waals surface area contributed by atoms with Crippen LogP contribution in [0.4, 0.5) is 0 Å². The summed E-state index contributed by atoms with van der Waals surface area (Å²) in [4.78, 5) is 4.66. The lowest BCUT2D eigenvalue weighted by Crippen LogP contribution is -2.21. The Balaban J connectivity index is 2.30. The Labute approximate surface area is 113 Å². The first kappa shape index (κ1) is 13.4. The molecule has 3 nitrogen and oxygen atoms in total. The molecule has 98 valence electrons. The van der Waals surface area contributed by atoms with Gasteiger partial charge in [-0.15, -0.1) is 0 Å². The molecule has 1 aromatic carbocycles. The van der Waals surface area contributed by atoms with Crippen LogP contribution >= 0.6 is 11.6 Å². The van der Waals surface area contributed by atoms with E-state index in [4.69, 9.17) is 11.6 Å².